The molecule has 1 aliphatic carbocycles. The van der Waals surface area contributed by atoms with Crippen molar-refractivity contribution in [3.8, 4) is 11.8 Å². The highest BCUT2D eigenvalue weighted by atomic mass is 16.5. The van der Waals surface area contributed by atoms with Crippen LogP contribution in [-0.2, 0) is 14.2 Å². The van der Waals surface area contributed by atoms with Crippen LogP contribution in [0, 0.1) is 11.8 Å². The van der Waals surface area contributed by atoms with E-state index in [0.29, 0.717) is 24.9 Å². The maximum absolute atomic E-state index is 6.15. The average molecular weight is 323 g/mol. The van der Waals surface area contributed by atoms with E-state index in [4.69, 9.17) is 14.2 Å². The molecular weight excluding hydrogens is 290 g/mol. The lowest BCUT2D eigenvalue weighted by molar-refractivity contribution is -0.126. The lowest BCUT2D eigenvalue weighted by Gasteiger charge is -2.39. The zero-order chi connectivity index (χ0) is 16.5. The van der Waals surface area contributed by atoms with Gasteiger partial charge in [-0.2, -0.15) is 0 Å². The Morgan fingerprint density at radius 2 is 1.78 bits per heavy atom. The molecule has 0 radical (unpaired) electrons. The summed E-state index contributed by atoms with van der Waals surface area (Å²) in [7, 11) is 1.79. The minimum Gasteiger partial charge on any atom is -0.381 e. The number of rotatable bonds is 8. The largest absolute Gasteiger partial charge is 0.381 e. The number of likely N-dealkylation sites (tertiary alicyclic amines) is 1. The first-order valence-electron chi connectivity index (χ1n) is 9.15. The first kappa shape index (κ1) is 18.7. The van der Waals surface area contributed by atoms with Crippen LogP contribution in [0.15, 0.2) is 0 Å². The van der Waals surface area contributed by atoms with Crippen LogP contribution in [0.25, 0.3) is 0 Å². The Hall–Kier alpha value is -0.600. The van der Waals surface area contributed by atoms with Crippen molar-refractivity contribution < 1.29 is 14.2 Å². The van der Waals surface area contributed by atoms with Crippen molar-refractivity contribution in [1.29, 1.82) is 0 Å². The van der Waals surface area contributed by atoms with Crippen LogP contribution in [-0.4, -0.2) is 62.7 Å². The Kier molecular flexibility index (Phi) is 8.39. The summed E-state index contributed by atoms with van der Waals surface area (Å²) in [6.45, 7) is 8.11. The van der Waals surface area contributed by atoms with Crippen molar-refractivity contribution in [2.24, 2.45) is 0 Å². The fourth-order valence-corrected chi connectivity index (χ4v) is 3.10. The highest BCUT2D eigenvalue weighted by Gasteiger charge is 2.32. The molecule has 0 N–H and O–H groups in total. The van der Waals surface area contributed by atoms with E-state index >= 15 is 0 Å². The number of piperidine rings is 1. The van der Waals surface area contributed by atoms with Gasteiger partial charge in [0.15, 0.2) is 0 Å². The lowest BCUT2D eigenvalue weighted by atomic mass is 9.91. The molecule has 0 amide bonds. The summed E-state index contributed by atoms with van der Waals surface area (Å²) < 4.78 is 16.9. The molecule has 0 aromatic carbocycles. The number of methoxy groups -OCH3 is 1. The molecule has 1 saturated heterocycles. The first-order chi connectivity index (χ1) is 11.2. The molecule has 2 fully saturated rings. The van der Waals surface area contributed by atoms with Crippen LogP contribution in [0.3, 0.4) is 0 Å². The quantitative estimate of drug-likeness (QED) is 0.508. The van der Waals surface area contributed by atoms with E-state index in [2.05, 4.69) is 16.7 Å². The van der Waals surface area contributed by atoms with Gasteiger partial charge < -0.3 is 19.1 Å². The molecule has 1 saturated carbocycles. The molecule has 0 unspecified atom stereocenters. The second-order valence-electron chi connectivity index (χ2n) is 6.95. The van der Waals surface area contributed by atoms with E-state index in [9.17, 15) is 0 Å². The van der Waals surface area contributed by atoms with Gasteiger partial charge in [0, 0.05) is 26.6 Å². The van der Waals surface area contributed by atoms with Crippen molar-refractivity contribution in [1.82, 2.24) is 4.90 Å². The summed E-state index contributed by atoms with van der Waals surface area (Å²) in [5.74, 6) is 6.29. The van der Waals surface area contributed by atoms with Gasteiger partial charge in [0.2, 0.25) is 0 Å². The number of nitrogens with zero attached hydrogens (tertiary/aromatic N) is 1. The summed E-state index contributed by atoms with van der Waals surface area (Å²) in [4.78, 5) is 2.55. The van der Waals surface area contributed by atoms with E-state index in [1.165, 1.54) is 12.8 Å². The van der Waals surface area contributed by atoms with Crippen molar-refractivity contribution in [3.05, 3.63) is 0 Å². The van der Waals surface area contributed by atoms with Crippen LogP contribution in [0.5, 0.6) is 0 Å². The van der Waals surface area contributed by atoms with Crippen molar-refractivity contribution >= 4 is 0 Å². The van der Waals surface area contributed by atoms with E-state index in [-0.39, 0.29) is 6.10 Å². The Bertz CT molecular complexity index is 374. The third-order valence-electron chi connectivity index (χ3n) is 4.69. The topological polar surface area (TPSA) is 30.9 Å². The minimum absolute atomic E-state index is 0.271. The monoisotopic (exact) mass is 323 g/mol. The summed E-state index contributed by atoms with van der Waals surface area (Å²) >= 11 is 0. The van der Waals surface area contributed by atoms with Crippen LogP contribution in [0.4, 0.5) is 0 Å². The highest BCUT2D eigenvalue weighted by molar-refractivity contribution is 4.99. The van der Waals surface area contributed by atoms with E-state index < -0.39 is 0 Å². The molecule has 2 aliphatic rings. The van der Waals surface area contributed by atoms with E-state index in [1.54, 1.807) is 7.11 Å². The Labute approximate surface area is 141 Å². The normalized spacial score (nSPS) is 25.9. The molecule has 4 nitrogen and oxygen atoms in total. The van der Waals surface area contributed by atoms with Gasteiger partial charge in [-0.25, -0.2) is 0 Å². The van der Waals surface area contributed by atoms with Gasteiger partial charge in [-0.3, -0.25) is 0 Å². The highest BCUT2D eigenvalue weighted by Crippen LogP contribution is 2.29. The van der Waals surface area contributed by atoms with E-state index in [1.807, 2.05) is 13.8 Å². The zero-order valence-corrected chi connectivity index (χ0v) is 15.1. The summed E-state index contributed by atoms with van der Waals surface area (Å²) in [6.07, 6.45) is 8.23. The van der Waals surface area contributed by atoms with Crippen LogP contribution >= 0.6 is 0 Å². The molecule has 4 heteroatoms. The van der Waals surface area contributed by atoms with Crippen LogP contribution in [0.1, 0.15) is 52.4 Å². The fourth-order valence-electron chi connectivity index (χ4n) is 3.10. The van der Waals surface area contributed by atoms with Gasteiger partial charge in [-0.15, -0.1) is 5.92 Å². The minimum atomic E-state index is 0.271. The Balaban J connectivity index is 1.47. The van der Waals surface area contributed by atoms with Gasteiger partial charge in [0.1, 0.15) is 6.61 Å². The summed E-state index contributed by atoms with van der Waals surface area (Å²) in [5, 5.41) is 0. The molecule has 0 spiro atoms. The molecule has 0 atom stereocenters. The smallest absolute Gasteiger partial charge is 0.108 e. The SMILES string of the molecule is COC1CC(OC2CCN(CCCC#CCOC(C)C)CC2)C1. The van der Waals surface area contributed by atoms with Crippen LogP contribution < -0.4 is 0 Å². The van der Waals surface area contributed by atoms with Gasteiger partial charge in [0.05, 0.1) is 24.4 Å². The molecule has 0 aromatic rings. The molecule has 23 heavy (non-hydrogen) atoms. The summed E-state index contributed by atoms with van der Waals surface area (Å²) in [6, 6.07) is 0. The standard InChI is InChI=1S/C19H33NO3/c1-16(2)22-13-7-5-4-6-10-20-11-8-17(9-12-20)23-19-14-18(15-19)21-3/h16-19H,4,6,8-15H2,1-3H3. The third kappa shape index (κ3) is 7.22. The predicted molar refractivity (Wildman–Crippen MR) is 92.5 cm³/mol. The van der Waals surface area contributed by atoms with Crippen molar-refractivity contribution in [2.45, 2.75) is 76.8 Å². The fraction of sp³-hybridized carbons (Fsp3) is 0.895. The van der Waals surface area contributed by atoms with Crippen LogP contribution in [0.2, 0.25) is 0 Å². The van der Waals surface area contributed by atoms with Gasteiger partial charge in [0.25, 0.3) is 0 Å². The van der Waals surface area contributed by atoms with Crippen molar-refractivity contribution in [3.63, 3.8) is 0 Å². The van der Waals surface area contributed by atoms with Gasteiger partial charge in [-0.05, 0) is 52.5 Å². The first-order valence-corrected chi connectivity index (χ1v) is 9.15. The average Bonchev–Trinajstić information content (AvgIpc) is 2.50. The number of ether oxygens (including phenoxy) is 3. The lowest BCUT2D eigenvalue weighted by Crippen LogP contribution is -2.43. The molecular formula is C19H33NO3. The van der Waals surface area contributed by atoms with Gasteiger partial charge in [-0.1, -0.05) is 5.92 Å². The molecule has 132 valence electrons. The number of hydrogen-bond acceptors (Lipinski definition) is 4. The van der Waals surface area contributed by atoms with E-state index in [0.717, 1.165) is 45.3 Å². The predicted octanol–water partition coefficient (Wildman–Crippen LogP) is 2.85. The maximum Gasteiger partial charge on any atom is 0.108 e. The maximum atomic E-state index is 6.15. The second kappa shape index (κ2) is 10.3. The summed E-state index contributed by atoms with van der Waals surface area (Å²) in [5.41, 5.74) is 0. The second-order valence-corrected chi connectivity index (χ2v) is 6.95. The molecule has 0 bridgehead atoms. The number of hydrogen-bond donors (Lipinski definition) is 0. The Morgan fingerprint density at radius 3 is 2.43 bits per heavy atom. The Morgan fingerprint density at radius 1 is 1.04 bits per heavy atom. The third-order valence-corrected chi connectivity index (χ3v) is 4.69. The molecule has 2 rings (SSSR count). The van der Waals surface area contributed by atoms with Crippen molar-refractivity contribution in [2.75, 3.05) is 33.4 Å². The zero-order valence-electron chi connectivity index (χ0n) is 15.1. The molecule has 1 heterocycles. The van der Waals surface area contributed by atoms with Gasteiger partial charge >= 0.3 is 0 Å². The molecule has 1 aliphatic heterocycles. The molecule has 0 aromatic heterocycles. The number of unbranched alkanes of at least 4 members (excludes halogenated alkanes) is 1.